The van der Waals surface area contributed by atoms with Gasteiger partial charge in [0.2, 0.25) is 24.1 Å². The van der Waals surface area contributed by atoms with Crippen LogP contribution in [0, 0.1) is 34.5 Å². The van der Waals surface area contributed by atoms with E-state index in [1.165, 1.54) is 12.0 Å². The normalized spacial score (nSPS) is 32.7. The number of methoxy groups -OCH3 is 1. The van der Waals surface area contributed by atoms with Crippen molar-refractivity contribution in [3.8, 4) is 6.07 Å². The SMILES string of the molecule is COC(C)C(NC=O)C(=O)N1CC2C(C1C(=O)NC(C#N)CC1CC3(CC3)NC1=O)C2(C)C. The molecule has 180 valence electrons. The maximum absolute atomic E-state index is 13.4. The monoisotopic (exact) mass is 459 g/mol. The third-order valence-corrected chi connectivity index (χ3v) is 8.36. The predicted octanol–water partition coefficient (Wildman–Crippen LogP) is -0.314. The zero-order valence-corrected chi connectivity index (χ0v) is 19.6. The van der Waals surface area contributed by atoms with E-state index in [0.717, 1.165) is 12.8 Å². The maximum Gasteiger partial charge on any atom is 0.248 e. The van der Waals surface area contributed by atoms with Gasteiger partial charge in [-0.05, 0) is 49.9 Å². The highest BCUT2D eigenvalue weighted by molar-refractivity contribution is 5.93. The first-order valence-corrected chi connectivity index (χ1v) is 11.6. The molecule has 10 nitrogen and oxygen atoms in total. The van der Waals surface area contributed by atoms with Gasteiger partial charge < -0.3 is 25.6 Å². The van der Waals surface area contributed by atoms with Gasteiger partial charge in [-0.1, -0.05) is 13.8 Å². The van der Waals surface area contributed by atoms with Gasteiger partial charge in [0, 0.05) is 25.1 Å². The Labute approximate surface area is 193 Å². The van der Waals surface area contributed by atoms with E-state index in [2.05, 4.69) is 35.9 Å². The van der Waals surface area contributed by atoms with Crippen LogP contribution in [0.1, 0.15) is 46.5 Å². The minimum atomic E-state index is -0.910. The van der Waals surface area contributed by atoms with Crippen LogP contribution in [0.5, 0.6) is 0 Å². The van der Waals surface area contributed by atoms with Crippen molar-refractivity contribution in [3.63, 3.8) is 0 Å². The molecule has 7 atom stereocenters. The van der Waals surface area contributed by atoms with Crippen LogP contribution < -0.4 is 16.0 Å². The summed E-state index contributed by atoms with van der Waals surface area (Å²) in [5.41, 5.74) is -0.185. The van der Waals surface area contributed by atoms with E-state index in [1.807, 2.05) is 0 Å². The molecule has 10 heteroatoms. The topological polar surface area (TPSA) is 141 Å². The fourth-order valence-electron chi connectivity index (χ4n) is 5.94. The highest BCUT2D eigenvalue weighted by atomic mass is 16.5. The van der Waals surface area contributed by atoms with Gasteiger partial charge in [0.15, 0.2) is 0 Å². The van der Waals surface area contributed by atoms with Crippen molar-refractivity contribution in [2.75, 3.05) is 13.7 Å². The number of carbonyl (C=O) groups excluding carboxylic acids is 4. The lowest BCUT2D eigenvalue weighted by Gasteiger charge is -2.34. The number of fused-ring (bicyclic) bond motifs is 1. The molecule has 0 bridgehead atoms. The lowest BCUT2D eigenvalue weighted by atomic mass is 9.95. The quantitative estimate of drug-likeness (QED) is 0.404. The standard InChI is InChI=1S/C23H33N5O5/c1-12(33-4)17(25-11-29)21(32)28-10-15-16(22(15,2)3)18(28)20(31)26-14(9-24)7-13-8-23(5-6-23)27-19(13)30/h11-18H,5-8,10H2,1-4H3,(H,25,29)(H,26,31)(H,27,30). The Kier molecular flexibility index (Phi) is 5.89. The number of rotatable bonds is 9. The van der Waals surface area contributed by atoms with E-state index in [-0.39, 0.29) is 52.8 Å². The summed E-state index contributed by atoms with van der Waals surface area (Å²) in [7, 11) is 1.45. The van der Waals surface area contributed by atoms with Crippen LogP contribution in [-0.2, 0) is 23.9 Å². The molecule has 1 spiro atoms. The molecule has 0 aromatic heterocycles. The van der Waals surface area contributed by atoms with Crippen molar-refractivity contribution in [1.29, 1.82) is 5.26 Å². The molecule has 4 aliphatic rings. The molecule has 2 saturated carbocycles. The fourth-order valence-corrected chi connectivity index (χ4v) is 5.94. The first-order chi connectivity index (χ1) is 15.6. The van der Waals surface area contributed by atoms with Gasteiger partial charge in [0.25, 0.3) is 0 Å². The van der Waals surface area contributed by atoms with Crippen LogP contribution in [0.3, 0.4) is 0 Å². The summed E-state index contributed by atoms with van der Waals surface area (Å²) >= 11 is 0. The second kappa shape index (κ2) is 8.28. The summed E-state index contributed by atoms with van der Waals surface area (Å²) in [4.78, 5) is 51.6. The summed E-state index contributed by atoms with van der Waals surface area (Å²) in [6, 6.07) is -0.342. The first kappa shape index (κ1) is 23.5. The van der Waals surface area contributed by atoms with Crippen molar-refractivity contribution >= 4 is 24.1 Å². The van der Waals surface area contributed by atoms with Crippen LogP contribution in [-0.4, -0.2) is 72.5 Å². The molecule has 7 unspecified atom stereocenters. The van der Waals surface area contributed by atoms with Gasteiger partial charge in [-0.2, -0.15) is 5.26 Å². The zero-order chi connectivity index (χ0) is 24.1. The summed E-state index contributed by atoms with van der Waals surface area (Å²) in [6.45, 7) is 6.23. The average molecular weight is 460 g/mol. The zero-order valence-electron chi connectivity index (χ0n) is 19.6. The molecule has 0 aromatic carbocycles. The largest absolute Gasteiger partial charge is 0.379 e. The number of amides is 4. The number of hydrogen-bond donors (Lipinski definition) is 3. The summed E-state index contributed by atoms with van der Waals surface area (Å²) in [5.74, 6) is -0.976. The smallest absolute Gasteiger partial charge is 0.248 e. The third-order valence-electron chi connectivity index (χ3n) is 8.36. The fraction of sp³-hybridized carbons (Fsp3) is 0.783. The molecule has 4 rings (SSSR count). The summed E-state index contributed by atoms with van der Waals surface area (Å²) in [6.07, 6.45) is 2.76. The van der Waals surface area contributed by atoms with Crippen LogP contribution in [0.4, 0.5) is 0 Å². The highest BCUT2D eigenvalue weighted by Crippen LogP contribution is 2.65. The summed E-state index contributed by atoms with van der Waals surface area (Å²) in [5, 5.41) is 18.0. The molecule has 2 heterocycles. The Morgan fingerprint density at radius 3 is 2.64 bits per heavy atom. The number of nitriles is 1. The molecule has 0 radical (unpaired) electrons. The second-order valence-corrected chi connectivity index (χ2v) is 10.7. The molecule has 3 N–H and O–H groups in total. The van der Waals surface area contributed by atoms with Gasteiger partial charge in [-0.25, -0.2) is 0 Å². The minimum Gasteiger partial charge on any atom is -0.379 e. The van der Waals surface area contributed by atoms with E-state index >= 15 is 0 Å². The minimum absolute atomic E-state index is 0.0277. The lowest BCUT2D eigenvalue weighted by molar-refractivity contribution is -0.145. The van der Waals surface area contributed by atoms with E-state index < -0.39 is 24.2 Å². The van der Waals surface area contributed by atoms with Crippen LogP contribution >= 0.6 is 0 Å². The van der Waals surface area contributed by atoms with Gasteiger partial charge in [-0.15, -0.1) is 0 Å². The van der Waals surface area contributed by atoms with Crippen molar-refractivity contribution in [2.45, 2.75) is 76.2 Å². The van der Waals surface area contributed by atoms with Gasteiger partial charge in [0.1, 0.15) is 18.1 Å². The molecule has 4 fully saturated rings. The van der Waals surface area contributed by atoms with E-state index in [1.54, 1.807) is 6.92 Å². The molecule has 33 heavy (non-hydrogen) atoms. The van der Waals surface area contributed by atoms with Crippen molar-refractivity contribution < 1.29 is 23.9 Å². The van der Waals surface area contributed by atoms with E-state index in [4.69, 9.17) is 4.74 Å². The number of carbonyl (C=O) groups is 4. The number of piperidine rings is 1. The Bertz CT molecular complexity index is 894. The van der Waals surface area contributed by atoms with Crippen LogP contribution in [0.15, 0.2) is 0 Å². The lowest BCUT2D eigenvalue weighted by Crippen LogP contribution is -2.58. The molecule has 2 aliphatic heterocycles. The third kappa shape index (κ3) is 4.07. The Morgan fingerprint density at radius 2 is 2.09 bits per heavy atom. The number of likely N-dealkylation sites (tertiary alicyclic amines) is 1. The molecule has 4 amide bonds. The van der Waals surface area contributed by atoms with Gasteiger partial charge in [-0.3, -0.25) is 19.2 Å². The highest BCUT2D eigenvalue weighted by Gasteiger charge is 2.69. The average Bonchev–Trinajstić information content (AvgIpc) is 3.49. The molecule has 2 aliphatic carbocycles. The summed E-state index contributed by atoms with van der Waals surface area (Å²) < 4.78 is 5.26. The van der Waals surface area contributed by atoms with E-state index in [9.17, 15) is 24.4 Å². The molecular formula is C23H33N5O5. The number of nitrogens with one attached hydrogen (secondary N) is 3. The molecule has 2 saturated heterocycles. The second-order valence-electron chi connectivity index (χ2n) is 10.7. The molecular weight excluding hydrogens is 426 g/mol. The maximum atomic E-state index is 13.4. The number of ether oxygens (including phenoxy) is 1. The van der Waals surface area contributed by atoms with Crippen molar-refractivity contribution in [2.24, 2.45) is 23.2 Å². The van der Waals surface area contributed by atoms with Crippen molar-refractivity contribution in [3.05, 3.63) is 0 Å². The van der Waals surface area contributed by atoms with Crippen LogP contribution in [0.25, 0.3) is 0 Å². The van der Waals surface area contributed by atoms with Crippen LogP contribution in [0.2, 0.25) is 0 Å². The van der Waals surface area contributed by atoms with Gasteiger partial charge >= 0.3 is 0 Å². The Balaban J connectivity index is 1.47. The first-order valence-electron chi connectivity index (χ1n) is 11.6. The molecule has 0 aromatic rings. The van der Waals surface area contributed by atoms with Gasteiger partial charge in [0.05, 0.1) is 12.2 Å². The Hall–Kier alpha value is -2.67. The van der Waals surface area contributed by atoms with E-state index in [0.29, 0.717) is 19.4 Å². The number of hydrogen-bond acceptors (Lipinski definition) is 6. The predicted molar refractivity (Wildman–Crippen MR) is 116 cm³/mol. The Morgan fingerprint density at radius 1 is 1.39 bits per heavy atom. The number of nitrogens with zero attached hydrogens (tertiary/aromatic N) is 2. The van der Waals surface area contributed by atoms with Crippen molar-refractivity contribution in [1.82, 2.24) is 20.9 Å².